The van der Waals surface area contributed by atoms with Crippen molar-refractivity contribution in [2.75, 3.05) is 26.4 Å². The number of esters is 2. The van der Waals surface area contributed by atoms with Gasteiger partial charge in [0.05, 0.1) is 6.61 Å². The van der Waals surface area contributed by atoms with Crippen LogP contribution in [-0.4, -0.2) is 60.8 Å². The maximum absolute atomic E-state index is 11.7. The van der Waals surface area contributed by atoms with Gasteiger partial charge in [0.1, 0.15) is 37.4 Å². The van der Waals surface area contributed by atoms with Gasteiger partial charge in [-0.05, 0) is 19.1 Å². The molecule has 2 unspecified atom stereocenters. The second-order valence-electron chi connectivity index (χ2n) is 6.71. The maximum atomic E-state index is 11.7. The average Bonchev–Trinajstić information content (AvgIpc) is 2.78. The molecule has 0 saturated heterocycles. The van der Waals surface area contributed by atoms with Gasteiger partial charge in [-0.3, -0.25) is 0 Å². The largest absolute Gasteiger partial charge is 0.490 e. The molecule has 8 heteroatoms. The molecule has 2 aromatic rings. The third kappa shape index (κ3) is 7.13. The second-order valence-corrected chi connectivity index (χ2v) is 6.71. The van der Waals surface area contributed by atoms with Crippen LogP contribution >= 0.6 is 0 Å². The molecule has 8 nitrogen and oxygen atoms in total. The fourth-order valence-corrected chi connectivity index (χ4v) is 2.53. The van der Waals surface area contributed by atoms with Gasteiger partial charge in [0, 0.05) is 22.4 Å². The zero-order chi connectivity index (χ0) is 22.8. The monoisotopic (exact) mass is 430 g/mol. The second kappa shape index (κ2) is 11.7. The van der Waals surface area contributed by atoms with Crippen LogP contribution in [0.1, 0.15) is 6.92 Å². The number of ether oxygens (including phenoxy) is 4. The number of carbonyl (C=O) groups is 2. The normalized spacial score (nSPS) is 12.5. The van der Waals surface area contributed by atoms with Crippen LogP contribution in [0.5, 0.6) is 11.5 Å². The summed E-state index contributed by atoms with van der Waals surface area (Å²) in [6.07, 6.45) is -0.833. The fraction of sp³-hybridized carbons (Fsp3) is 0.304. The van der Waals surface area contributed by atoms with E-state index in [4.69, 9.17) is 18.9 Å². The summed E-state index contributed by atoms with van der Waals surface area (Å²) >= 11 is 0. The van der Waals surface area contributed by atoms with E-state index in [1.165, 1.54) is 6.92 Å². The van der Waals surface area contributed by atoms with E-state index >= 15 is 0 Å². The number of benzene rings is 2. The lowest BCUT2D eigenvalue weighted by molar-refractivity contribution is -0.148. The van der Waals surface area contributed by atoms with E-state index < -0.39 is 30.8 Å². The van der Waals surface area contributed by atoms with Gasteiger partial charge in [-0.15, -0.1) is 0 Å². The Labute approximate surface area is 180 Å². The van der Waals surface area contributed by atoms with Crippen LogP contribution in [0, 0.1) is 0 Å². The molecule has 0 saturated carbocycles. The molecule has 2 N–H and O–H groups in total. The SMILES string of the molecule is C=CC(=O)OCC(O)COc1ccc(OCC(CO)OC(=O)C(=C)C)c2ccccc12. The van der Waals surface area contributed by atoms with Crippen LogP contribution in [0.25, 0.3) is 10.8 Å². The number of hydrogen-bond acceptors (Lipinski definition) is 8. The molecule has 0 spiro atoms. The summed E-state index contributed by atoms with van der Waals surface area (Å²) in [5.41, 5.74) is 0.229. The summed E-state index contributed by atoms with van der Waals surface area (Å²) in [4.78, 5) is 22.7. The van der Waals surface area contributed by atoms with Gasteiger partial charge in [-0.25, -0.2) is 9.59 Å². The molecule has 0 radical (unpaired) electrons. The highest BCUT2D eigenvalue weighted by molar-refractivity contribution is 5.93. The van der Waals surface area contributed by atoms with Gasteiger partial charge >= 0.3 is 11.9 Å². The van der Waals surface area contributed by atoms with Crippen molar-refractivity contribution in [1.82, 2.24) is 0 Å². The molecule has 2 aromatic carbocycles. The molecule has 31 heavy (non-hydrogen) atoms. The third-order valence-electron chi connectivity index (χ3n) is 4.11. The van der Waals surface area contributed by atoms with Crippen molar-refractivity contribution in [3.63, 3.8) is 0 Å². The smallest absolute Gasteiger partial charge is 0.333 e. The fourth-order valence-electron chi connectivity index (χ4n) is 2.53. The number of aliphatic hydroxyl groups excluding tert-OH is 2. The van der Waals surface area contributed by atoms with Crippen LogP contribution in [0.2, 0.25) is 0 Å². The minimum absolute atomic E-state index is 0.0485. The van der Waals surface area contributed by atoms with Crippen LogP contribution in [-0.2, 0) is 19.1 Å². The van der Waals surface area contributed by atoms with Gasteiger partial charge in [-0.1, -0.05) is 37.4 Å². The summed E-state index contributed by atoms with van der Waals surface area (Å²) in [6.45, 7) is 7.57. The van der Waals surface area contributed by atoms with Crippen molar-refractivity contribution in [3.05, 3.63) is 61.2 Å². The molecule has 0 fully saturated rings. The van der Waals surface area contributed by atoms with Crippen molar-refractivity contribution < 1.29 is 38.7 Å². The average molecular weight is 430 g/mol. The molecule has 166 valence electrons. The van der Waals surface area contributed by atoms with Crippen molar-refractivity contribution in [2.24, 2.45) is 0 Å². The first-order valence-corrected chi connectivity index (χ1v) is 9.57. The Morgan fingerprint density at radius 3 is 2.13 bits per heavy atom. The Bertz CT molecular complexity index is 936. The van der Waals surface area contributed by atoms with Crippen molar-refractivity contribution in [2.45, 2.75) is 19.1 Å². The Morgan fingerprint density at radius 2 is 1.61 bits per heavy atom. The molecule has 2 rings (SSSR count). The first-order valence-electron chi connectivity index (χ1n) is 9.57. The number of fused-ring (bicyclic) bond motifs is 1. The van der Waals surface area contributed by atoms with Gasteiger partial charge in [0.2, 0.25) is 0 Å². The van der Waals surface area contributed by atoms with Crippen molar-refractivity contribution >= 4 is 22.7 Å². The summed E-state index contributed by atoms with van der Waals surface area (Å²) in [5.74, 6) is -0.215. The Morgan fingerprint density at radius 1 is 1.03 bits per heavy atom. The van der Waals surface area contributed by atoms with Crippen LogP contribution < -0.4 is 9.47 Å². The first-order chi connectivity index (χ1) is 14.8. The summed E-state index contributed by atoms with van der Waals surface area (Å²) in [6, 6.07) is 10.7. The van der Waals surface area contributed by atoms with Gasteiger partial charge in [0.15, 0.2) is 6.10 Å². The molecule has 0 heterocycles. The molecule has 0 aliphatic rings. The van der Waals surface area contributed by atoms with Crippen LogP contribution in [0.4, 0.5) is 0 Å². The van der Waals surface area contributed by atoms with Gasteiger partial charge in [-0.2, -0.15) is 0 Å². The molecule has 0 aliphatic heterocycles. The number of carbonyl (C=O) groups excluding carboxylic acids is 2. The number of rotatable bonds is 12. The standard InChI is InChI=1S/C23H26O8/c1-4-22(26)30-13-16(25)12-28-20-9-10-21(19-8-6-5-7-18(19)20)29-14-17(11-24)31-23(27)15(2)3/h4-10,16-17,24-25H,1-2,11-14H2,3H3. The lowest BCUT2D eigenvalue weighted by Crippen LogP contribution is -2.28. The quantitative estimate of drug-likeness (QED) is 0.389. The first kappa shape index (κ1) is 23.9. The van der Waals surface area contributed by atoms with E-state index in [0.717, 1.165) is 16.8 Å². The van der Waals surface area contributed by atoms with E-state index in [9.17, 15) is 19.8 Å². The predicted octanol–water partition coefficient (Wildman–Crippen LogP) is 2.17. The Balaban J connectivity index is 2.06. The summed E-state index contributed by atoms with van der Waals surface area (Å²) in [5, 5.41) is 20.8. The summed E-state index contributed by atoms with van der Waals surface area (Å²) < 4.78 is 21.4. The molecule has 2 atom stereocenters. The van der Waals surface area contributed by atoms with E-state index in [1.54, 1.807) is 12.1 Å². The third-order valence-corrected chi connectivity index (χ3v) is 4.11. The maximum Gasteiger partial charge on any atom is 0.333 e. The lowest BCUT2D eigenvalue weighted by atomic mass is 10.1. The number of aliphatic hydroxyl groups is 2. The Hall–Kier alpha value is -3.36. The minimum Gasteiger partial charge on any atom is -0.490 e. The van der Waals surface area contributed by atoms with E-state index in [-0.39, 0.29) is 25.4 Å². The zero-order valence-electron chi connectivity index (χ0n) is 17.3. The van der Waals surface area contributed by atoms with Crippen molar-refractivity contribution in [1.29, 1.82) is 0 Å². The van der Waals surface area contributed by atoms with Crippen LogP contribution in [0.3, 0.4) is 0 Å². The Kier molecular flexibility index (Phi) is 9.05. The summed E-state index contributed by atoms with van der Waals surface area (Å²) in [7, 11) is 0. The van der Waals surface area contributed by atoms with E-state index in [1.807, 2.05) is 24.3 Å². The lowest BCUT2D eigenvalue weighted by Gasteiger charge is -2.18. The minimum atomic E-state index is -1.01. The highest BCUT2D eigenvalue weighted by Crippen LogP contribution is 2.33. The zero-order valence-corrected chi connectivity index (χ0v) is 17.3. The van der Waals surface area contributed by atoms with Gasteiger partial charge in [0.25, 0.3) is 0 Å². The molecular weight excluding hydrogens is 404 g/mol. The molecule has 0 amide bonds. The molecular formula is C23H26O8. The molecule has 0 bridgehead atoms. The van der Waals surface area contributed by atoms with E-state index in [0.29, 0.717) is 11.5 Å². The predicted molar refractivity (Wildman–Crippen MR) is 114 cm³/mol. The van der Waals surface area contributed by atoms with E-state index in [2.05, 4.69) is 13.2 Å². The highest BCUT2D eigenvalue weighted by Gasteiger charge is 2.17. The topological polar surface area (TPSA) is 112 Å². The highest BCUT2D eigenvalue weighted by atomic mass is 16.6. The van der Waals surface area contributed by atoms with Crippen molar-refractivity contribution in [3.8, 4) is 11.5 Å². The molecule has 0 aromatic heterocycles. The van der Waals surface area contributed by atoms with Gasteiger partial charge < -0.3 is 29.2 Å². The molecule has 0 aliphatic carbocycles. The van der Waals surface area contributed by atoms with Crippen LogP contribution in [0.15, 0.2) is 61.2 Å². The number of hydrogen-bond donors (Lipinski definition) is 2.